The zero-order chi connectivity index (χ0) is 9.80. The number of nitrogens with two attached hydrogens (primary N) is 1. The van der Waals surface area contributed by atoms with Crippen LogP contribution in [0.25, 0.3) is 0 Å². The molecule has 2 aromatic rings. The van der Waals surface area contributed by atoms with Gasteiger partial charge in [-0.15, -0.1) is 11.3 Å². The van der Waals surface area contributed by atoms with Crippen molar-refractivity contribution in [3.05, 3.63) is 52.2 Å². The van der Waals surface area contributed by atoms with Crippen molar-refractivity contribution >= 4 is 17.0 Å². The molecule has 0 saturated carbocycles. The molecule has 2 rings (SSSR count). The number of nitrogen functional groups attached to an aromatic ring is 1. The van der Waals surface area contributed by atoms with E-state index in [9.17, 15) is 0 Å². The fraction of sp³-hybridized carbons (Fsp3) is 0. The van der Waals surface area contributed by atoms with Gasteiger partial charge in [0.25, 0.3) is 0 Å². The van der Waals surface area contributed by atoms with Crippen molar-refractivity contribution in [2.45, 2.75) is 0 Å². The summed E-state index contributed by atoms with van der Waals surface area (Å²) in [5, 5.41) is 2.02. The van der Waals surface area contributed by atoms with Gasteiger partial charge in [-0.3, -0.25) is 0 Å². The van der Waals surface area contributed by atoms with Gasteiger partial charge in [-0.2, -0.15) is 0 Å². The molecule has 68 valence electrons. The molecular weight excluding hydrogens is 190 g/mol. The third-order valence-corrected chi connectivity index (χ3v) is 2.52. The number of hydrogen-bond acceptors (Lipinski definition) is 2. The van der Waals surface area contributed by atoms with Gasteiger partial charge in [0.2, 0.25) is 0 Å². The lowest BCUT2D eigenvalue weighted by Crippen LogP contribution is -1.84. The molecule has 0 fully saturated rings. The predicted molar refractivity (Wildman–Crippen MR) is 61.2 cm³/mol. The van der Waals surface area contributed by atoms with Crippen molar-refractivity contribution in [2.24, 2.45) is 0 Å². The molecule has 0 amide bonds. The van der Waals surface area contributed by atoms with Crippen LogP contribution in [0, 0.1) is 11.8 Å². The third kappa shape index (κ3) is 2.15. The van der Waals surface area contributed by atoms with Gasteiger partial charge >= 0.3 is 0 Å². The summed E-state index contributed by atoms with van der Waals surface area (Å²) in [7, 11) is 0. The maximum atomic E-state index is 5.64. The Morgan fingerprint density at radius 2 is 2.00 bits per heavy atom. The minimum Gasteiger partial charge on any atom is -0.399 e. The monoisotopic (exact) mass is 199 g/mol. The molecule has 0 aliphatic rings. The van der Waals surface area contributed by atoms with E-state index in [1.165, 1.54) is 0 Å². The minimum absolute atomic E-state index is 0.753. The summed E-state index contributed by atoms with van der Waals surface area (Å²) in [5.74, 6) is 6.15. The van der Waals surface area contributed by atoms with Crippen LogP contribution in [0.5, 0.6) is 0 Å². The van der Waals surface area contributed by atoms with Gasteiger partial charge in [-0.1, -0.05) is 24.0 Å². The van der Waals surface area contributed by atoms with E-state index in [1.54, 1.807) is 11.3 Å². The molecule has 0 unspecified atom stereocenters. The van der Waals surface area contributed by atoms with E-state index in [4.69, 9.17) is 5.73 Å². The summed E-state index contributed by atoms with van der Waals surface area (Å²) in [6.45, 7) is 0. The molecule has 0 spiro atoms. The molecule has 2 heteroatoms. The molecular formula is C12H9NS. The second-order valence-corrected chi connectivity index (χ2v) is 3.80. The normalized spacial score (nSPS) is 9.14. The molecule has 2 N–H and O–H groups in total. The Hall–Kier alpha value is -1.72. The smallest absolute Gasteiger partial charge is 0.0772 e. The van der Waals surface area contributed by atoms with Crippen LogP contribution in [-0.2, 0) is 0 Å². The summed E-state index contributed by atoms with van der Waals surface area (Å²) >= 11 is 1.64. The second kappa shape index (κ2) is 3.99. The lowest BCUT2D eigenvalue weighted by molar-refractivity contribution is 1.63. The average molecular weight is 199 g/mol. The molecule has 1 nitrogen and oxygen atoms in total. The van der Waals surface area contributed by atoms with Crippen molar-refractivity contribution in [3.63, 3.8) is 0 Å². The molecule has 0 bridgehead atoms. The Morgan fingerprint density at radius 1 is 1.07 bits per heavy atom. The van der Waals surface area contributed by atoms with E-state index in [2.05, 4.69) is 11.8 Å². The quantitative estimate of drug-likeness (QED) is 0.512. The summed E-state index contributed by atoms with van der Waals surface area (Å²) < 4.78 is 0. The van der Waals surface area contributed by atoms with Gasteiger partial charge in [0, 0.05) is 11.3 Å². The standard InChI is InChI=1S/C12H9NS/c13-11-4-1-3-10(9-11)6-7-12-5-2-8-14-12/h1-5,8-9H,13H2. The number of rotatable bonds is 0. The summed E-state index contributed by atoms with van der Waals surface area (Å²) in [6, 6.07) is 11.6. The van der Waals surface area contributed by atoms with Crippen LogP contribution in [0.2, 0.25) is 0 Å². The first-order valence-electron chi connectivity index (χ1n) is 4.26. The van der Waals surface area contributed by atoms with Crippen LogP contribution in [0.3, 0.4) is 0 Å². The highest BCUT2D eigenvalue weighted by atomic mass is 32.1. The fourth-order valence-electron chi connectivity index (χ4n) is 1.10. The van der Waals surface area contributed by atoms with Gasteiger partial charge < -0.3 is 5.73 Å². The van der Waals surface area contributed by atoms with Gasteiger partial charge in [0.15, 0.2) is 0 Å². The van der Waals surface area contributed by atoms with Gasteiger partial charge in [0.1, 0.15) is 0 Å². The van der Waals surface area contributed by atoms with Crippen LogP contribution in [0.1, 0.15) is 10.4 Å². The molecule has 14 heavy (non-hydrogen) atoms. The highest BCUT2D eigenvalue weighted by Crippen LogP contribution is 2.08. The Labute approximate surface area is 87.2 Å². The van der Waals surface area contributed by atoms with Crippen LogP contribution in [-0.4, -0.2) is 0 Å². The first-order chi connectivity index (χ1) is 6.84. The van der Waals surface area contributed by atoms with Gasteiger partial charge in [0.05, 0.1) is 4.88 Å². The Balaban J connectivity index is 2.26. The largest absolute Gasteiger partial charge is 0.399 e. The topological polar surface area (TPSA) is 26.0 Å². The summed E-state index contributed by atoms with van der Waals surface area (Å²) in [4.78, 5) is 1.08. The van der Waals surface area contributed by atoms with Crippen LogP contribution < -0.4 is 5.73 Å². The lowest BCUT2D eigenvalue weighted by atomic mass is 10.2. The van der Waals surface area contributed by atoms with E-state index in [-0.39, 0.29) is 0 Å². The molecule has 1 heterocycles. The molecule has 0 atom stereocenters. The molecule has 0 aliphatic carbocycles. The van der Waals surface area contributed by atoms with E-state index < -0.39 is 0 Å². The minimum atomic E-state index is 0.753. The number of anilines is 1. The molecule has 0 saturated heterocycles. The van der Waals surface area contributed by atoms with E-state index in [0.717, 1.165) is 16.1 Å². The van der Waals surface area contributed by atoms with Gasteiger partial charge in [-0.05, 0) is 29.6 Å². The Kier molecular flexibility index (Phi) is 2.53. The van der Waals surface area contributed by atoms with Crippen LogP contribution >= 0.6 is 11.3 Å². The summed E-state index contributed by atoms with van der Waals surface area (Å²) in [6.07, 6.45) is 0. The van der Waals surface area contributed by atoms with E-state index >= 15 is 0 Å². The lowest BCUT2D eigenvalue weighted by Gasteiger charge is -1.91. The van der Waals surface area contributed by atoms with Crippen molar-refractivity contribution in [1.29, 1.82) is 0 Å². The molecule has 0 aliphatic heterocycles. The number of thiophene rings is 1. The van der Waals surface area contributed by atoms with E-state index in [1.807, 2.05) is 41.8 Å². The van der Waals surface area contributed by atoms with Crippen molar-refractivity contribution < 1.29 is 0 Å². The number of benzene rings is 1. The maximum Gasteiger partial charge on any atom is 0.0772 e. The second-order valence-electron chi connectivity index (χ2n) is 2.85. The van der Waals surface area contributed by atoms with Crippen molar-refractivity contribution in [3.8, 4) is 11.8 Å². The summed E-state index contributed by atoms with van der Waals surface area (Å²) in [5.41, 5.74) is 7.35. The SMILES string of the molecule is Nc1cccc(C#Cc2cccs2)c1. The molecule has 1 aromatic carbocycles. The zero-order valence-corrected chi connectivity index (χ0v) is 8.34. The van der Waals surface area contributed by atoms with Crippen LogP contribution in [0.15, 0.2) is 41.8 Å². The number of hydrogen-bond donors (Lipinski definition) is 1. The highest BCUT2D eigenvalue weighted by molar-refractivity contribution is 7.10. The van der Waals surface area contributed by atoms with Crippen molar-refractivity contribution in [1.82, 2.24) is 0 Å². The average Bonchev–Trinajstić information content (AvgIpc) is 2.67. The first kappa shape index (κ1) is 8.86. The van der Waals surface area contributed by atoms with Gasteiger partial charge in [-0.25, -0.2) is 0 Å². The van der Waals surface area contributed by atoms with E-state index in [0.29, 0.717) is 0 Å². The Morgan fingerprint density at radius 3 is 2.71 bits per heavy atom. The Bertz CT molecular complexity index is 475. The molecule has 0 radical (unpaired) electrons. The van der Waals surface area contributed by atoms with Crippen molar-refractivity contribution in [2.75, 3.05) is 5.73 Å². The predicted octanol–water partition coefficient (Wildman–Crippen LogP) is 2.73. The third-order valence-electron chi connectivity index (χ3n) is 1.74. The molecule has 1 aromatic heterocycles. The first-order valence-corrected chi connectivity index (χ1v) is 5.13. The maximum absolute atomic E-state index is 5.64. The zero-order valence-electron chi connectivity index (χ0n) is 7.53. The highest BCUT2D eigenvalue weighted by Gasteiger charge is 1.88. The fourth-order valence-corrected chi connectivity index (χ4v) is 1.67. The van der Waals surface area contributed by atoms with Crippen LogP contribution in [0.4, 0.5) is 5.69 Å².